The van der Waals surface area contributed by atoms with Crippen LogP contribution in [0.15, 0.2) is 54.6 Å². The van der Waals surface area contributed by atoms with Crippen LogP contribution >= 0.6 is 0 Å². The van der Waals surface area contributed by atoms with Gasteiger partial charge in [0.15, 0.2) is 0 Å². The van der Waals surface area contributed by atoms with Gasteiger partial charge in [0.05, 0.1) is 5.92 Å². The second-order valence-electron chi connectivity index (χ2n) is 7.48. The summed E-state index contributed by atoms with van der Waals surface area (Å²) in [5.74, 6) is 0.0749. The van der Waals surface area contributed by atoms with E-state index in [1.54, 1.807) is 4.90 Å². The van der Waals surface area contributed by atoms with Crippen molar-refractivity contribution in [3.63, 3.8) is 0 Å². The number of urea groups is 1. The van der Waals surface area contributed by atoms with E-state index in [1.807, 2.05) is 30.3 Å². The lowest BCUT2D eigenvalue weighted by Crippen LogP contribution is -2.40. The molecule has 1 unspecified atom stereocenters. The van der Waals surface area contributed by atoms with Crippen molar-refractivity contribution in [1.82, 2.24) is 10.2 Å². The summed E-state index contributed by atoms with van der Waals surface area (Å²) < 4.78 is 0. The van der Waals surface area contributed by atoms with Gasteiger partial charge in [0, 0.05) is 37.6 Å². The molecular weight excluding hydrogens is 352 g/mol. The summed E-state index contributed by atoms with van der Waals surface area (Å²) in [6, 6.07) is 17.8. The van der Waals surface area contributed by atoms with Crippen molar-refractivity contribution < 1.29 is 9.59 Å². The third-order valence-electron chi connectivity index (χ3n) is 5.43. The Hall–Kier alpha value is -2.86. The molecule has 2 heterocycles. The highest BCUT2D eigenvalue weighted by Crippen LogP contribution is 2.23. The maximum absolute atomic E-state index is 12.7. The number of amides is 3. The third kappa shape index (κ3) is 4.34. The molecule has 0 saturated carbocycles. The van der Waals surface area contributed by atoms with Crippen molar-refractivity contribution in [3.8, 4) is 0 Å². The molecule has 146 valence electrons. The molecule has 4 rings (SSSR count). The van der Waals surface area contributed by atoms with E-state index < -0.39 is 0 Å². The zero-order valence-electron chi connectivity index (χ0n) is 15.9. The quantitative estimate of drug-likeness (QED) is 0.840. The van der Waals surface area contributed by atoms with E-state index in [-0.39, 0.29) is 17.9 Å². The number of piperidine rings is 1. The zero-order valence-corrected chi connectivity index (χ0v) is 15.9. The average molecular weight is 378 g/mol. The van der Waals surface area contributed by atoms with Crippen molar-refractivity contribution in [2.75, 3.05) is 36.4 Å². The first kappa shape index (κ1) is 18.5. The molecule has 2 fully saturated rings. The minimum absolute atomic E-state index is 0.00139. The lowest BCUT2D eigenvalue weighted by Gasteiger charge is -2.32. The minimum Gasteiger partial charge on any atom is -0.336 e. The van der Waals surface area contributed by atoms with Gasteiger partial charge in [0.1, 0.15) is 0 Å². The van der Waals surface area contributed by atoms with Crippen LogP contribution in [0, 0.1) is 5.92 Å². The van der Waals surface area contributed by atoms with Crippen LogP contribution in [-0.4, -0.2) is 43.0 Å². The largest absolute Gasteiger partial charge is 0.336 e. The van der Waals surface area contributed by atoms with Gasteiger partial charge in [-0.2, -0.15) is 0 Å². The van der Waals surface area contributed by atoms with Crippen molar-refractivity contribution in [2.24, 2.45) is 5.92 Å². The van der Waals surface area contributed by atoms with E-state index in [2.05, 4.69) is 39.8 Å². The highest BCUT2D eigenvalue weighted by Gasteiger charge is 2.26. The molecule has 2 aliphatic rings. The Morgan fingerprint density at radius 2 is 1.86 bits per heavy atom. The van der Waals surface area contributed by atoms with Crippen LogP contribution in [0.1, 0.15) is 18.4 Å². The van der Waals surface area contributed by atoms with Crippen LogP contribution in [0.4, 0.5) is 16.2 Å². The average Bonchev–Trinajstić information content (AvgIpc) is 3.15. The van der Waals surface area contributed by atoms with Gasteiger partial charge in [-0.05, 0) is 49.2 Å². The normalized spacial score (nSPS) is 20.1. The monoisotopic (exact) mass is 378 g/mol. The molecule has 0 spiro atoms. The summed E-state index contributed by atoms with van der Waals surface area (Å²) in [5.41, 5.74) is 2.90. The maximum Gasteiger partial charge on any atom is 0.321 e. The number of anilines is 2. The second-order valence-corrected chi connectivity index (χ2v) is 7.48. The Labute approximate surface area is 165 Å². The predicted molar refractivity (Wildman–Crippen MR) is 110 cm³/mol. The van der Waals surface area contributed by atoms with Crippen LogP contribution in [0.2, 0.25) is 0 Å². The molecule has 2 aliphatic heterocycles. The predicted octanol–water partition coefficient (Wildman–Crippen LogP) is 3.07. The minimum atomic E-state index is -0.0718. The Kier molecular flexibility index (Phi) is 5.58. The molecule has 0 aliphatic carbocycles. The third-order valence-corrected chi connectivity index (χ3v) is 5.43. The van der Waals surface area contributed by atoms with Crippen LogP contribution in [0.5, 0.6) is 0 Å². The van der Waals surface area contributed by atoms with Gasteiger partial charge in [-0.25, -0.2) is 4.79 Å². The Balaban J connectivity index is 1.33. The van der Waals surface area contributed by atoms with Crippen molar-refractivity contribution in [1.29, 1.82) is 0 Å². The lowest BCUT2D eigenvalue weighted by molar-refractivity contribution is -0.121. The highest BCUT2D eigenvalue weighted by molar-refractivity contribution is 5.95. The first-order valence-electron chi connectivity index (χ1n) is 9.91. The fourth-order valence-electron chi connectivity index (χ4n) is 3.94. The molecule has 2 aromatic rings. The molecule has 0 radical (unpaired) electrons. The van der Waals surface area contributed by atoms with Crippen LogP contribution in [0.25, 0.3) is 0 Å². The number of nitrogens with one attached hydrogen (secondary N) is 2. The molecule has 6 nitrogen and oxygen atoms in total. The number of carbonyl (C=O) groups is 2. The fraction of sp³-hybridized carbons (Fsp3) is 0.364. The van der Waals surface area contributed by atoms with E-state index in [4.69, 9.17) is 0 Å². The van der Waals surface area contributed by atoms with E-state index in [9.17, 15) is 9.59 Å². The van der Waals surface area contributed by atoms with Crippen LogP contribution in [0.3, 0.4) is 0 Å². The lowest BCUT2D eigenvalue weighted by atomic mass is 9.96. The zero-order chi connectivity index (χ0) is 19.3. The van der Waals surface area contributed by atoms with Crippen molar-refractivity contribution in [2.45, 2.75) is 19.4 Å². The summed E-state index contributed by atoms with van der Waals surface area (Å²) in [6.07, 6.45) is 1.96. The number of nitrogens with zero attached hydrogens (tertiary/aromatic N) is 2. The van der Waals surface area contributed by atoms with E-state index in [0.717, 1.165) is 43.9 Å². The number of benzene rings is 2. The molecule has 2 aromatic carbocycles. The van der Waals surface area contributed by atoms with E-state index >= 15 is 0 Å². The first-order valence-corrected chi connectivity index (χ1v) is 9.91. The fourth-order valence-corrected chi connectivity index (χ4v) is 3.94. The standard InChI is InChI=1S/C22H26N4O2/c27-21(18-7-4-13-25(16-18)15-17-5-2-1-3-6-17)24-19-8-10-20(11-9-19)26-14-12-23-22(26)28/h1-3,5-6,8-11,18H,4,7,12-16H2,(H,23,28)(H,24,27). The SMILES string of the molecule is O=C(Nc1ccc(N2CCNC2=O)cc1)C1CCCN(Cc2ccccc2)C1. The maximum atomic E-state index is 12.7. The molecule has 28 heavy (non-hydrogen) atoms. The van der Waals surface area contributed by atoms with Gasteiger partial charge in [0.25, 0.3) is 0 Å². The van der Waals surface area contributed by atoms with E-state index in [1.165, 1.54) is 5.56 Å². The summed E-state index contributed by atoms with van der Waals surface area (Å²) in [6.45, 7) is 4.04. The van der Waals surface area contributed by atoms with Gasteiger partial charge in [-0.3, -0.25) is 14.6 Å². The molecule has 2 N–H and O–H groups in total. The molecule has 0 aromatic heterocycles. The molecule has 1 atom stereocenters. The smallest absolute Gasteiger partial charge is 0.321 e. The molecule has 3 amide bonds. The van der Waals surface area contributed by atoms with Gasteiger partial charge < -0.3 is 10.6 Å². The molecular formula is C22H26N4O2. The van der Waals surface area contributed by atoms with Gasteiger partial charge >= 0.3 is 6.03 Å². The number of hydrogen-bond donors (Lipinski definition) is 2. The molecule has 6 heteroatoms. The number of likely N-dealkylation sites (tertiary alicyclic amines) is 1. The summed E-state index contributed by atoms with van der Waals surface area (Å²) >= 11 is 0. The van der Waals surface area contributed by atoms with E-state index in [0.29, 0.717) is 13.1 Å². The highest BCUT2D eigenvalue weighted by atomic mass is 16.2. The number of rotatable bonds is 5. The first-order chi connectivity index (χ1) is 13.7. The molecule has 0 bridgehead atoms. The Morgan fingerprint density at radius 1 is 1.07 bits per heavy atom. The van der Waals surface area contributed by atoms with Gasteiger partial charge in [-0.15, -0.1) is 0 Å². The van der Waals surface area contributed by atoms with Crippen LogP contribution in [-0.2, 0) is 11.3 Å². The second kappa shape index (κ2) is 8.44. The van der Waals surface area contributed by atoms with Crippen molar-refractivity contribution >= 4 is 23.3 Å². The summed E-state index contributed by atoms with van der Waals surface area (Å²) in [4.78, 5) is 28.6. The summed E-state index contributed by atoms with van der Waals surface area (Å²) in [5, 5.41) is 5.83. The number of carbonyl (C=O) groups excluding carboxylic acids is 2. The summed E-state index contributed by atoms with van der Waals surface area (Å²) in [7, 11) is 0. The van der Waals surface area contributed by atoms with Gasteiger partial charge in [-0.1, -0.05) is 30.3 Å². The Morgan fingerprint density at radius 3 is 2.57 bits per heavy atom. The van der Waals surface area contributed by atoms with Gasteiger partial charge in [0.2, 0.25) is 5.91 Å². The topological polar surface area (TPSA) is 64.7 Å². The van der Waals surface area contributed by atoms with Crippen molar-refractivity contribution in [3.05, 3.63) is 60.2 Å². The van der Waals surface area contributed by atoms with Crippen LogP contribution < -0.4 is 15.5 Å². The molecule has 2 saturated heterocycles. The Bertz CT molecular complexity index is 822. The number of hydrogen-bond acceptors (Lipinski definition) is 3.